The molecule has 0 aliphatic carbocycles. The number of carboxylic acids is 2. The molecule has 1 aliphatic rings. The van der Waals surface area contributed by atoms with Crippen molar-refractivity contribution >= 4 is 36.8 Å². The summed E-state index contributed by atoms with van der Waals surface area (Å²) in [6, 6.07) is 0. The van der Waals surface area contributed by atoms with Gasteiger partial charge >= 0.3 is 11.9 Å². The van der Waals surface area contributed by atoms with E-state index in [2.05, 4.69) is 5.32 Å². The van der Waals surface area contributed by atoms with Crippen molar-refractivity contribution in [3.8, 4) is 0 Å². The lowest BCUT2D eigenvalue weighted by molar-refractivity contribution is -0.132. The number of nitrogens with one attached hydrogen (secondary N) is 1. The summed E-state index contributed by atoms with van der Waals surface area (Å²) in [6.45, 7) is 0.159. The van der Waals surface area contributed by atoms with Crippen molar-refractivity contribution in [2.24, 2.45) is 0 Å². The van der Waals surface area contributed by atoms with Crippen LogP contribution in [-0.2, 0) is 9.59 Å². The highest BCUT2D eigenvalue weighted by Crippen LogP contribution is 2.06. The van der Waals surface area contributed by atoms with Gasteiger partial charge < -0.3 is 15.5 Å². The van der Waals surface area contributed by atoms with Gasteiger partial charge in [-0.1, -0.05) is 0 Å². The van der Waals surface area contributed by atoms with Crippen LogP contribution in [0.4, 0.5) is 0 Å². The smallest absolute Gasteiger partial charge is 0.337 e. The van der Waals surface area contributed by atoms with E-state index in [0.29, 0.717) is 0 Å². The van der Waals surface area contributed by atoms with Crippen molar-refractivity contribution in [2.45, 2.75) is 0 Å². The molecule has 5 nitrogen and oxygen atoms in total. The lowest BCUT2D eigenvalue weighted by Gasteiger charge is -2.09. The van der Waals surface area contributed by atoms with Gasteiger partial charge in [-0.25, -0.2) is 9.59 Å². The fraction of sp³-hybridized carbons (Fsp3) is 0.143. The van der Waals surface area contributed by atoms with E-state index in [4.69, 9.17) is 10.2 Å². The van der Waals surface area contributed by atoms with Gasteiger partial charge in [0, 0.05) is 12.7 Å². The molecule has 0 aromatic heterocycles. The van der Waals surface area contributed by atoms with Gasteiger partial charge in [0.2, 0.25) is 0 Å². The minimum Gasteiger partial charge on any atom is -0.478 e. The number of halogens is 2. The fourth-order valence-corrected chi connectivity index (χ4v) is 0.812. The third-order valence-electron chi connectivity index (χ3n) is 1.40. The van der Waals surface area contributed by atoms with Crippen LogP contribution in [0, 0.1) is 0 Å². The van der Waals surface area contributed by atoms with E-state index in [1.807, 2.05) is 0 Å². The molecular weight excluding hydrogens is 233 g/mol. The molecule has 0 radical (unpaired) electrons. The second-order valence-corrected chi connectivity index (χ2v) is 2.26. The second kappa shape index (κ2) is 6.28. The first-order chi connectivity index (χ1) is 5.61. The first-order valence-electron chi connectivity index (χ1n) is 3.22. The number of carboxylic acid groups (broad SMARTS) is 2. The Morgan fingerprint density at radius 2 is 1.79 bits per heavy atom. The molecule has 0 fully saturated rings. The highest BCUT2D eigenvalue weighted by Gasteiger charge is 2.14. The number of dihydropyridines is 1. The van der Waals surface area contributed by atoms with Crippen LogP contribution in [-0.4, -0.2) is 28.7 Å². The normalized spacial score (nSPS) is 13.4. The molecule has 0 aromatic carbocycles. The van der Waals surface area contributed by atoms with Crippen LogP contribution in [0.15, 0.2) is 23.4 Å². The number of rotatable bonds is 2. The van der Waals surface area contributed by atoms with Gasteiger partial charge in [-0.05, 0) is 6.08 Å². The van der Waals surface area contributed by atoms with Crippen molar-refractivity contribution in [2.75, 3.05) is 6.54 Å². The minimum atomic E-state index is -1.14. The Hall–Kier alpha value is -1.20. The quantitative estimate of drug-likeness (QED) is 0.652. The average molecular weight is 242 g/mol. The first kappa shape index (κ1) is 15.3. The molecule has 0 bridgehead atoms. The summed E-state index contributed by atoms with van der Waals surface area (Å²) in [7, 11) is 0. The van der Waals surface area contributed by atoms with Gasteiger partial charge in [-0.2, -0.15) is 0 Å². The second-order valence-electron chi connectivity index (χ2n) is 2.26. The van der Waals surface area contributed by atoms with Crippen molar-refractivity contribution in [1.82, 2.24) is 5.32 Å². The third-order valence-corrected chi connectivity index (χ3v) is 1.40. The van der Waals surface area contributed by atoms with E-state index in [1.165, 1.54) is 6.20 Å². The third kappa shape index (κ3) is 3.68. The van der Waals surface area contributed by atoms with Crippen LogP contribution in [0.25, 0.3) is 0 Å². The van der Waals surface area contributed by atoms with Gasteiger partial charge in [-0.15, -0.1) is 24.8 Å². The maximum atomic E-state index is 10.4. The summed E-state index contributed by atoms with van der Waals surface area (Å²) in [6.07, 6.45) is 2.41. The zero-order valence-electron chi connectivity index (χ0n) is 6.89. The van der Waals surface area contributed by atoms with Crippen molar-refractivity contribution in [3.63, 3.8) is 0 Å². The first-order valence-corrected chi connectivity index (χ1v) is 3.22. The molecule has 1 heterocycles. The van der Waals surface area contributed by atoms with E-state index in [0.717, 1.165) is 6.08 Å². The largest absolute Gasteiger partial charge is 0.478 e. The molecule has 14 heavy (non-hydrogen) atoms. The maximum Gasteiger partial charge on any atom is 0.337 e. The Balaban J connectivity index is 0. The molecule has 3 N–H and O–H groups in total. The predicted molar refractivity (Wildman–Crippen MR) is 53.9 cm³/mol. The lowest BCUT2D eigenvalue weighted by Crippen LogP contribution is -2.22. The van der Waals surface area contributed by atoms with Crippen LogP contribution in [0.5, 0.6) is 0 Å². The van der Waals surface area contributed by atoms with Crippen molar-refractivity contribution < 1.29 is 19.8 Å². The predicted octanol–water partition coefficient (Wildman–Crippen LogP) is 0.413. The molecule has 80 valence electrons. The molecule has 0 aromatic rings. The molecule has 0 amide bonds. The van der Waals surface area contributed by atoms with Gasteiger partial charge in [0.15, 0.2) is 0 Å². The van der Waals surface area contributed by atoms with E-state index in [1.54, 1.807) is 0 Å². The average Bonchev–Trinajstić information content (AvgIpc) is 2.04. The Morgan fingerprint density at radius 1 is 1.21 bits per heavy atom. The molecule has 1 rings (SSSR count). The Bertz CT molecular complexity index is 298. The van der Waals surface area contributed by atoms with Gasteiger partial charge in [0.25, 0.3) is 0 Å². The van der Waals surface area contributed by atoms with Gasteiger partial charge in [0.05, 0.1) is 11.1 Å². The summed E-state index contributed by atoms with van der Waals surface area (Å²) in [4.78, 5) is 20.8. The zero-order valence-corrected chi connectivity index (χ0v) is 8.52. The Labute approximate surface area is 92.3 Å². The van der Waals surface area contributed by atoms with E-state index in [-0.39, 0.29) is 42.5 Å². The summed E-state index contributed by atoms with van der Waals surface area (Å²) in [5, 5.41) is 19.6. The lowest BCUT2D eigenvalue weighted by atomic mass is 10.1. The number of carbonyl (C=O) groups is 2. The van der Waals surface area contributed by atoms with Crippen LogP contribution in [0.2, 0.25) is 0 Å². The molecule has 7 heteroatoms. The summed E-state index contributed by atoms with van der Waals surface area (Å²) >= 11 is 0. The Kier molecular flexibility index (Phi) is 6.86. The standard InChI is InChI=1S/C7H7NO4.2ClH/c9-6(10)4-1-5(7(11)12)3-8-2-4;;/h1-2,8H,3H2,(H,9,10)(H,11,12);2*1H. The Morgan fingerprint density at radius 3 is 2.21 bits per heavy atom. The van der Waals surface area contributed by atoms with Crippen molar-refractivity contribution in [1.29, 1.82) is 0 Å². The monoisotopic (exact) mass is 241 g/mol. The molecule has 0 saturated carbocycles. The van der Waals surface area contributed by atoms with Crippen molar-refractivity contribution in [3.05, 3.63) is 23.4 Å². The highest BCUT2D eigenvalue weighted by atomic mass is 35.5. The molecule has 1 aliphatic heterocycles. The fourth-order valence-electron chi connectivity index (χ4n) is 0.812. The van der Waals surface area contributed by atoms with Gasteiger partial charge in [-0.3, -0.25) is 0 Å². The zero-order chi connectivity index (χ0) is 9.14. The summed E-state index contributed by atoms with van der Waals surface area (Å²) < 4.78 is 0. The summed E-state index contributed by atoms with van der Waals surface area (Å²) in [5.41, 5.74) is 0.00792. The van der Waals surface area contributed by atoms with Crippen LogP contribution < -0.4 is 5.32 Å². The molecule has 0 spiro atoms. The highest BCUT2D eigenvalue weighted by molar-refractivity contribution is 5.95. The number of hydrogen-bond donors (Lipinski definition) is 3. The SMILES string of the molecule is Cl.Cl.O=C(O)C1=CNCC(C(=O)O)=C1. The number of hydrogen-bond acceptors (Lipinski definition) is 3. The van der Waals surface area contributed by atoms with Gasteiger partial charge in [0.1, 0.15) is 0 Å². The maximum absolute atomic E-state index is 10.4. The van der Waals surface area contributed by atoms with E-state index < -0.39 is 11.9 Å². The molecule has 0 atom stereocenters. The van der Waals surface area contributed by atoms with Crippen LogP contribution >= 0.6 is 24.8 Å². The summed E-state index contributed by atoms with van der Waals surface area (Å²) in [5.74, 6) is -2.24. The number of aliphatic carboxylic acids is 2. The van der Waals surface area contributed by atoms with E-state index >= 15 is 0 Å². The molecule has 0 saturated heterocycles. The van der Waals surface area contributed by atoms with Crippen LogP contribution in [0.3, 0.4) is 0 Å². The minimum absolute atomic E-state index is 0. The molecule has 0 unspecified atom stereocenters. The topological polar surface area (TPSA) is 86.6 Å². The van der Waals surface area contributed by atoms with Crippen LogP contribution in [0.1, 0.15) is 0 Å². The van der Waals surface area contributed by atoms with E-state index in [9.17, 15) is 9.59 Å². The molecular formula is C7H9Cl2NO4.